The molecule has 3 rings (SSSR count). The molecule has 1 heterocycles. The molecule has 0 atom stereocenters. The lowest BCUT2D eigenvalue weighted by atomic mass is 10.2. The summed E-state index contributed by atoms with van der Waals surface area (Å²) in [4.78, 5) is 4.46. The number of aromatic nitrogens is 1. The Bertz CT molecular complexity index is 789. The molecule has 0 bridgehead atoms. The van der Waals surface area contributed by atoms with Crippen LogP contribution in [0.3, 0.4) is 0 Å². The van der Waals surface area contributed by atoms with Gasteiger partial charge in [0.1, 0.15) is 0 Å². The molecule has 1 aromatic heterocycles. The summed E-state index contributed by atoms with van der Waals surface area (Å²) in [5, 5.41) is 13.5. The molecule has 1 N–H and O–H groups in total. The molecule has 0 saturated carbocycles. The minimum atomic E-state index is 0.615. The number of nitriles is 1. The van der Waals surface area contributed by atoms with Crippen LogP contribution in [0.25, 0.3) is 10.2 Å². The van der Waals surface area contributed by atoms with E-state index in [2.05, 4.69) is 16.4 Å². The summed E-state index contributed by atoms with van der Waals surface area (Å²) in [5.74, 6) is 0. The normalized spacial score (nSPS) is 10.3. The minimum Gasteiger partial charge on any atom is -0.331 e. The first kappa shape index (κ1) is 12.0. The molecule has 0 aliphatic rings. The summed E-state index contributed by atoms with van der Waals surface area (Å²) in [7, 11) is 0. The summed E-state index contributed by atoms with van der Waals surface area (Å²) >= 11 is 7.62. The van der Waals surface area contributed by atoms with Crippen molar-refractivity contribution in [2.24, 2.45) is 0 Å². The second-order valence-electron chi connectivity index (χ2n) is 3.92. The van der Waals surface area contributed by atoms with Crippen molar-refractivity contribution in [1.29, 1.82) is 5.26 Å². The fourth-order valence-electron chi connectivity index (χ4n) is 1.76. The van der Waals surface area contributed by atoms with Gasteiger partial charge in [0, 0.05) is 5.69 Å². The highest BCUT2D eigenvalue weighted by atomic mass is 35.5. The van der Waals surface area contributed by atoms with E-state index in [0.717, 1.165) is 21.0 Å². The Hall–Kier alpha value is -2.09. The van der Waals surface area contributed by atoms with Gasteiger partial charge in [0.15, 0.2) is 5.13 Å². The van der Waals surface area contributed by atoms with Crippen LogP contribution in [-0.4, -0.2) is 4.98 Å². The van der Waals surface area contributed by atoms with Crippen LogP contribution >= 0.6 is 22.9 Å². The maximum absolute atomic E-state index is 8.87. The van der Waals surface area contributed by atoms with Crippen molar-refractivity contribution in [2.45, 2.75) is 0 Å². The zero-order valence-electron chi connectivity index (χ0n) is 9.72. The first-order chi connectivity index (χ1) is 9.26. The van der Waals surface area contributed by atoms with Crippen LogP contribution in [0.1, 0.15) is 5.56 Å². The van der Waals surface area contributed by atoms with Crippen molar-refractivity contribution in [1.82, 2.24) is 4.98 Å². The summed E-state index contributed by atoms with van der Waals surface area (Å²) < 4.78 is 0.961. The first-order valence-corrected chi connectivity index (χ1v) is 6.78. The number of halogens is 1. The Balaban J connectivity index is 1.97. The standard InChI is InChI=1S/C14H8ClN3S/c15-11-5-2-6-12-13(11)19-14(18-12)17-10-4-1-3-9(7-10)8-16/h1-7H,(H,17,18). The molecule has 5 heteroatoms. The molecule has 0 amide bonds. The number of fused-ring (bicyclic) bond motifs is 1. The molecular weight excluding hydrogens is 278 g/mol. The Morgan fingerprint density at radius 2 is 2.05 bits per heavy atom. The fraction of sp³-hybridized carbons (Fsp3) is 0. The van der Waals surface area contributed by atoms with Crippen molar-refractivity contribution in [2.75, 3.05) is 5.32 Å². The van der Waals surface area contributed by atoms with Gasteiger partial charge < -0.3 is 5.32 Å². The zero-order valence-corrected chi connectivity index (χ0v) is 11.3. The third-order valence-corrected chi connectivity index (χ3v) is 4.06. The molecule has 0 radical (unpaired) electrons. The Morgan fingerprint density at radius 3 is 2.84 bits per heavy atom. The van der Waals surface area contributed by atoms with Gasteiger partial charge in [-0.05, 0) is 30.3 Å². The lowest BCUT2D eigenvalue weighted by Crippen LogP contribution is -1.89. The van der Waals surface area contributed by atoms with E-state index < -0.39 is 0 Å². The van der Waals surface area contributed by atoms with Gasteiger partial charge in [0.25, 0.3) is 0 Å². The van der Waals surface area contributed by atoms with E-state index >= 15 is 0 Å². The topological polar surface area (TPSA) is 48.7 Å². The average molecular weight is 286 g/mol. The zero-order chi connectivity index (χ0) is 13.2. The molecule has 0 unspecified atom stereocenters. The Morgan fingerprint density at radius 1 is 1.21 bits per heavy atom. The summed E-state index contributed by atoms with van der Waals surface area (Å²) in [5.41, 5.74) is 2.33. The van der Waals surface area contributed by atoms with E-state index in [0.29, 0.717) is 10.6 Å². The Kier molecular flexibility index (Phi) is 3.08. The van der Waals surface area contributed by atoms with Crippen molar-refractivity contribution in [3.63, 3.8) is 0 Å². The van der Waals surface area contributed by atoms with Gasteiger partial charge in [0.2, 0.25) is 0 Å². The lowest BCUT2D eigenvalue weighted by Gasteiger charge is -2.01. The fourth-order valence-corrected chi connectivity index (χ4v) is 2.93. The molecule has 0 spiro atoms. The quantitative estimate of drug-likeness (QED) is 0.750. The van der Waals surface area contributed by atoms with Crippen LogP contribution in [0.2, 0.25) is 5.02 Å². The van der Waals surface area contributed by atoms with Crippen LogP contribution in [0.15, 0.2) is 42.5 Å². The average Bonchev–Trinajstić information content (AvgIpc) is 2.83. The smallest absolute Gasteiger partial charge is 0.188 e. The van der Waals surface area contributed by atoms with Gasteiger partial charge in [-0.15, -0.1) is 0 Å². The molecule has 0 saturated heterocycles. The van der Waals surface area contributed by atoms with E-state index in [4.69, 9.17) is 16.9 Å². The van der Waals surface area contributed by atoms with Crippen LogP contribution < -0.4 is 5.32 Å². The summed E-state index contributed by atoms with van der Waals surface area (Å²) in [6.45, 7) is 0. The van der Waals surface area contributed by atoms with Gasteiger partial charge >= 0.3 is 0 Å². The third kappa shape index (κ3) is 2.39. The lowest BCUT2D eigenvalue weighted by molar-refractivity contribution is 1.43. The van der Waals surface area contributed by atoms with Crippen molar-refractivity contribution < 1.29 is 0 Å². The van der Waals surface area contributed by atoms with Crippen LogP contribution in [0.5, 0.6) is 0 Å². The second-order valence-corrected chi connectivity index (χ2v) is 5.33. The van der Waals surface area contributed by atoms with Crippen LogP contribution in [-0.2, 0) is 0 Å². The highest BCUT2D eigenvalue weighted by Crippen LogP contribution is 2.33. The van der Waals surface area contributed by atoms with E-state index in [9.17, 15) is 0 Å². The number of rotatable bonds is 2. The van der Waals surface area contributed by atoms with E-state index in [1.54, 1.807) is 12.1 Å². The monoisotopic (exact) mass is 285 g/mol. The molecule has 3 nitrogen and oxygen atoms in total. The summed E-state index contributed by atoms with van der Waals surface area (Å²) in [6, 6.07) is 15.0. The molecule has 2 aromatic carbocycles. The van der Waals surface area contributed by atoms with Crippen LogP contribution in [0, 0.1) is 11.3 Å². The molecule has 19 heavy (non-hydrogen) atoms. The molecule has 92 valence electrons. The Labute approximate surface area is 119 Å². The first-order valence-electron chi connectivity index (χ1n) is 5.58. The largest absolute Gasteiger partial charge is 0.331 e. The molecule has 0 aliphatic carbocycles. The third-order valence-electron chi connectivity index (χ3n) is 2.61. The predicted molar refractivity (Wildman–Crippen MR) is 79.1 cm³/mol. The van der Waals surface area contributed by atoms with Gasteiger partial charge in [-0.3, -0.25) is 0 Å². The highest BCUT2D eigenvalue weighted by Gasteiger charge is 2.07. The van der Waals surface area contributed by atoms with Crippen molar-refractivity contribution in [3.05, 3.63) is 53.1 Å². The molecule has 0 fully saturated rings. The van der Waals surface area contributed by atoms with Crippen LogP contribution in [0.4, 0.5) is 10.8 Å². The van der Waals surface area contributed by atoms with Crippen molar-refractivity contribution in [3.8, 4) is 6.07 Å². The maximum Gasteiger partial charge on any atom is 0.188 e. The number of thiazole rings is 1. The van der Waals surface area contributed by atoms with E-state index in [-0.39, 0.29) is 0 Å². The number of hydrogen-bond acceptors (Lipinski definition) is 4. The predicted octanol–water partition coefficient (Wildman–Crippen LogP) is 4.56. The second kappa shape index (κ2) is 4.88. The van der Waals surface area contributed by atoms with E-state index in [1.165, 1.54) is 11.3 Å². The van der Waals surface area contributed by atoms with E-state index in [1.807, 2.05) is 30.3 Å². The molecule has 3 aromatic rings. The van der Waals surface area contributed by atoms with Gasteiger partial charge in [-0.1, -0.05) is 35.1 Å². The van der Waals surface area contributed by atoms with Gasteiger partial charge in [-0.25, -0.2) is 4.98 Å². The maximum atomic E-state index is 8.87. The van der Waals surface area contributed by atoms with Gasteiger partial charge in [0.05, 0.1) is 26.9 Å². The van der Waals surface area contributed by atoms with Crippen molar-refractivity contribution >= 4 is 44.0 Å². The number of benzene rings is 2. The number of hydrogen-bond donors (Lipinski definition) is 1. The van der Waals surface area contributed by atoms with Gasteiger partial charge in [-0.2, -0.15) is 5.26 Å². The molecule has 0 aliphatic heterocycles. The minimum absolute atomic E-state index is 0.615. The number of nitrogens with one attached hydrogen (secondary N) is 1. The highest BCUT2D eigenvalue weighted by molar-refractivity contribution is 7.22. The summed E-state index contributed by atoms with van der Waals surface area (Å²) in [6.07, 6.45) is 0. The number of anilines is 2. The number of nitrogens with zero attached hydrogens (tertiary/aromatic N) is 2. The SMILES string of the molecule is N#Cc1cccc(Nc2nc3cccc(Cl)c3s2)c1. The molecular formula is C14H8ClN3S.